The molecule has 100 valence electrons. The molecule has 1 fully saturated rings. The van der Waals surface area contributed by atoms with Crippen LogP contribution in [0.2, 0.25) is 5.02 Å². The summed E-state index contributed by atoms with van der Waals surface area (Å²) in [7, 11) is 1.61. The van der Waals surface area contributed by atoms with Gasteiger partial charge < -0.3 is 10.5 Å². The summed E-state index contributed by atoms with van der Waals surface area (Å²) in [5, 5.41) is 4.52. The molecule has 2 N–H and O–H groups in total. The minimum absolute atomic E-state index is 0.0230. The van der Waals surface area contributed by atoms with Crippen LogP contribution in [0.15, 0.2) is 6.20 Å². The van der Waals surface area contributed by atoms with Crippen molar-refractivity contribution >= 4 is 17.4 Å². The molecule has 0 bridgehead atoms. The summed E-state index contributed by atoms with van der Waals surface area (Å²) >= 11 is 6.08. The quantitative estimate of drug-likeness (QED) is 0.796. The molecule has 0 aromatic carbocycles. The number of halogens is 1. The van der Waals surface area contributed by atoms with Gasteiger partial charge >= 0.3 is 0 Å². The molecule has 0 amide bonds. The van der Waals surface area contributed by atoms with Gasteiger partial charge in [-0.3, -0.25) is 9.48 Å². The first kappa shape index (κ1) is 13.5. The van der Waals surface area contributed by atoms with E-state index in [0.29, 0.717) is 30.4 Å². The molecule has 18 heavy (non-hydrogen) atoms. The third kappa shape index (κ3) is 2.18. The van der Waals surface area contributed by atoms with E-state index in [1.165, 1.54) is 6.20 Å². The zero-order valence-electron chi connectivity index (χ0n) is 10.5. The number of rotatable bonds is 6. The second-order valence-electron chi connectivity index (χ2n) is 4.72. The van der Waals surface area contributed by atoms with Crippen LogP contribution >= 0.6 is 11.6 Å². The number of Topliss-reactive ketones (excluding diaryl/α,β-unsaturated/α-hetero) is 1. The number of ketones is 1. The Morgan fingerprint density at radius 3 is 2.89 bits per heavy atom. The number of hydrogen-bond acceptors (Lipinski definition) is 4. The number of carbonyl (C=O) groups is 1. The Morgan fingerprint density at radius 2 is 2.39 bits per heavy atom. The van der Waals surface area contributed by atoms with Crippen LogP contribution in [0.25, 0.3) is 0 Å². The van der Waals surface area contributed by atoms with Gasteiger partial charge in [0.25, 0.3) is 0 Å². The molecule has 1 aliphatic carbocycles. The van der Waals surface area contributed by atoms with Crippen LogP contribution < -0.4 is 5.73 Å². The van der Waals surface area contributed by atoms with Crippen molar-refractivity contribution in [3.05, 3.63) is 16.9 Å². The molecule has 1 aliphatic rings. The van der Waals surface area contributed by atoms with E-state index in [1.54, 1.807) is 11.8 Å². The van der Waals surface area contributed by atoms with Gasteiger partial charge in [0.1, 0.15) is 5.69 Å². The smallest absolute Gasteiger partial charge is 0.189 e. The Labute approximate surface area is 111 Å². The summed E-state index contributed by atoms with van der Waals surface area (Å²) in [4.78, 5) is 12.6. The highest BCUT2D eigenvalue weighted by molar-refractivity contribution is 6.33. The predicted molar refractivity (Wildman–Crippen MR) is 68.8 cm³/mol. The maximum atomic E-state index is 12.6. The average Bonchev–Trinajstić information content (AvgIpc) is 2.67. The van der Waals surface area contributed by atoms with Gasteiger partial charge in [0.15, 0.2) is 5.78 Å². The fourth-order valence-corrected chi connectivity index (χ4v) is 2.54. The van der Waals surface area contributed by atoms with Gasteiger partial charge in [-0.15, -0.1) is 0 Å². The summed E-state index contributed by atoms with van der Waals surface area (Å²) in [6.07, 6.45) is 4.24. The summed E-state index contributed by atoms with van der Waals surface area (Å²) in [5.74, 6) is 0.0230. The monoisotopic (exact) mass is 271 g/mol. The Balaban J connectivity index is 2.26. The highest BCUT2D eigenvalue weighted by atomic mass is 35.5. The van der Waals surface area contributed by atoms with Crippen LogP contribution in [0, 0.1) is 5.41 Å². The van der Waals surface area contributed by atoms with E-state index in [2.05, 4.69) is 5.10 Å². The van der Waals surface area contributed by atoms with Crippen LogP contribution in [0.4, 0.5) is 0 Å². The number of ether oxygens (including phenoxy) is 1. The molecule has 1 aromatic rings. The summed E-state index contributed by atoms with van der Waals surface area (Å²) < 4.78 is 6.62. The largest absolute Gasteiger partial charge is 0.383 e. The molecule has 2 rings (SSSR count). The number of nitrogens with zero attached hydrogens (tertiary/aromatic N) is 2. The van der Waals surface area contributed by atoms with Crippen LogP contribution in [-0.2, 0) is 11.3 Å². The zero-order valence-corrected chi connectivity index (χ0v) is 11.2. The number of aromatic nitrogens is 2. The van der Waals surface area contributed by atoms with E-state index in [0.717, 1.165) is 19.3 Å². The van der Waals surface area contributed by atoms with Gasteiger partial charge in [0.2, 0.25) is 0 Å². The normalized spacial score (nSPS) is 17.5. The third-order valence-electron chi connectivity index (χ3n) is 3.70. The lowest BCUT2D eigenvalue weighted by Crippen LogP contribution is -2.45. The van der Waals surface area contributed by atoms with Gasteiger partial charge in [-0.2, -0.15) is 5.10 Å². The van der Waals surface area contributed by atoms with Crippen molar-refractivity contribution in [2.75, 3.05) is 20.3 Å². The van der Waals surface area contributed by atoms with Gasteiger partial charge in [-0.25, -0.2) is 0 Å². The summed E-state index contributed by atoms with van der Waals surface area (Å²) in [5.41, 5.74) is 5.81. The Morgan fingerprint density at radius 1 is 1.67 bits per heavy atom. The summed E-state index contributed by atoms with van der Waals surface area (Å²) in [6, 6.07) is 0. The zero-order chi connectivity index (χ0) is 13.2. The molecule has 0 aliphatic heterocycles. The molecule has 0 atom stereocenters. The Bertz CT molecular complexity index is 435. The molecular weight excluding hydrogens is 254 g/mol. The molecule has 5 nitrogen and oxygen atoms in total. The lowest BCUT2D eigenvalue weighted by Gasteiger charge is -2.39. The van der Waals surface area contributed by atoms with Gasteiger partial charge in [-0.1, -0.05) is 18.0 Å². The number of nitrogens with two attached hydrogens (primary N) is 1. The maximum Gasteiger partial charge on any atom is 0.189 e. The van der Waals surface area contributed by atoms with E-state index < -0.39 is 5.41 Å². The molecule has 6 heteroatoms. The van der Waals surface area contributed by atoms with Crippen LogP contribution in [0.3, 0.4) is 0 Å². The van der Waals surface area contributed by atoms with Crippen LogP contribution in [0.1, 0.15) is 29.8 Å². The van der Waals surface area contributed by atoms with E-state index in [4.69, 9.17) is 22.1 Å². The lowest BCUT2D eigenvalue weighted by molar-refractivity contribution is 0.0620. The second kappa shape index (κ2) is 5.38. The van der Waals surface area contributed by atoms with Crippen molar-refractivity contribution in [2.24, 2.45) is 11.1 Å². The molecule has 1 heterocycles. The SMILES string of the molecule is COCCn1ncc(Cl)c1C(=O)C1(CN)CCC1. The number of carbonyl (C=O) groups excluding carboxylic acids is 1. The molecule has 1 saturated carbocycles. The van der Waals surface area contributed by atoms with Crippen molar-refractivity contribution in [1.29, 1.82) is 0 Å². The minimum atomic E-state index is -0.422. The molecule has 1 aromatic heterocycles. The number of hydrogen-bond donors (Lipinski definition) is 1. The third-order valence-corrected chi connectivity index (χ3v) is 3.98. The first-order valence-corrected chi connectivity index (χ1v) is 6.47. The van der Waals surface area contributed by atoms with Gasteiger partial charge in [0, 0.05) is 19.1 Å². The lowest BCUT2D eigenvalue weighted by atomic mass is 9.65. The predicted octanol–water partition coefficient (Wildman–Crippen LogP) is 1.49. The van der Waals surface area contributed by atoms with Crippen LogP contribution in [0.5, 0.6) is 0 Å². The van der Waals surface area contributed by atoms with Crippen molar-refractivity contribution in [1.82, 2.24) is 9.78 Å². The molecule has 0 spiro atoms. The first-order chi connectivity index (χ1) is 8.64. The highest BCUT2D eigenvalue weighted by Crippen LogP contribution is 2.43. The standard InChI is InChI=1S/C12H18ClN3O2/c1-18-6-5-16-10(9(13)7-15-16)11(17)12(8-14)3-2-4-12/h7H,2-6,8,14H2,1H3. The average molecular weight is 272 g/mol. The van der Waals surface area contributed by atoms with E-state index >= 15 is 0 Å². The Kier molecular flexibility index (Phi) is 4.04. The van der Waals surface area contributed by atoms with E-state index in [9.17, 15) is 4.79 Å². The van der Waals surface area contributed by atoms with Gasteiger partial charge in [-0.05, 0) is 12.8 Å². The summed E-state index contributed by atoms with van der Waals surface area (Å²) in [6.45, 7) is 1.39. The highest BCUT2D eigenvalue weighted by Gasteiger charge is 2.45. The van der Waals surface area contributed by atoms with Crippen LogP contribution in [-0.4, -0.2) is 35.8 Å². The van der Waals surface area contributed by atoms with E-state index in [1.807, 2.05) is 0 Å². The van der Waals surface area contributed by atoms with Gasteiger partial charge in [0.05, 0.1) is 24.4 Å². The van der Waals surface area contributed by atoms with Crippen molar-refractivity contribution in [2.45, 2.75) is 25.8 Å². The van der Waals surface area contributed by atoms with Crippen molar-refractivity contribution in [3.8, 4) is 0 Å². The fourth-order valence-electron chi connectivity index (χ4n) is 2.31. The van der Waals surface area contributed by atoms with Crippen molar-refractivity contribution < 1.29 is 9.53 Å². The molecular formula is C12H18ClN3O2. The maximum absolute atomic E-state index is 12.6. The van der Waals surface area contributed by atoms with E-state index in [-0.39, 0.29) is 5.78 Å². The molecule has 0 unspecified atom stereocenters. The molecule has 0 radical (unpaired) electrons. The fraction of sp³-hybridized carbons (Fsp3) is 0.667. The molecule has 0 saturated heterocycles. The minimum Gasteiger partial charge on any atom is -0.383 e. The van der Waals surface area contributed by atoms with Crippen molar-refractivity contribution in [3.63, 3.8) is 0 Å². The number of methoxy groups -OCH3 is 1. The second-order valence-corrected chi connectivity index (χ2v) is 5.13. The topological polar surface area (TPSA) is 70.1 Å². The Hall–Kier alpha value is -0.910. The first-order valence-electron chi connectivity index (χ1n) is 6.10.